The molecule has 1 aromatic carbocycles. The second-order valence-corrected chi connectivity index (χ2v) is 6.15. The van der Waals surface area contributed by atoms with E-state index in [-0.39, 0.29) is 5.95 Å². The maximum absolute atomic E-state index is 5.91. The van der Waals surface area contributed by atoms with E-state index in [0.29, 0.717) is 5.82 Å². The first kappa shape index (κ1) is 15.0. The van der Waals surface area contributed by atoms with Crippen LogP contribution < -0.4 is 11.5 Å². The van der Waals surface area contributed by atoms with Gasteiger partial charge in [-0.3, -0.25) is 0 Å². The standard InChI is InChI=1S/C14H18N4S2/c1-8-4-11(19-2)12(20-3)6-9(8)5-10-7-17-14(16)18-13(10)15/h4,6-7H,5H2,1-3H3,(H4,15,16,17,18). The van der Waals surface area contributed by atoms with Crippen molar-refractivity contribution in [1.82, 2.24) is 9.97 Å². The van der Waals surface area contributed by atoms with E-state index >= 15 is 0 Å². The maximum Gasteiger partial charge on any atom is 0.221 e. The summed E-state index contributed by atoms with van der Waals surface area (Å²) < 4.78 is 0. The first-order valence-corrected chi connectivity index (χ1v) is 8.58. The molecule has 4 N–H and O–H groups in total. The third-order valence-corrected chi connectivity index (χ3v) is 4.82. The van der Waals surface area contributed by atoms with E-state index in [1.165, 1.54) is 20.9 Å². The molecular weight excluding hydrogens is 288 g/mol. The molecule has 0 unspecified atom stereocenters. The summed E-state index contributed by atoms with van der Waals surface area (Å²) >= 11 is 3.52. The molecule has 0 saturated heterocycles. The highest BCUT2D eigenvalue weighted by molar-refractivity contribution is 8.01. The number of hydrogen-bond acceptors (Lipinski definition) is 6. The van der Waals surface area contributed by atoms with Gasteiger partial charge in [0.2, 0.25) is 5.95 Å². The topological polar surface area (TPSA) is 77.8 Å². The minimum atomic E-state index is 0.213. The Hall–Kier alpha value is -1.40. The summed E-state index contributed by atoms with van der Waals surface area (Å²) in [5.41, 5.74) is 14.8. The first-order chi connectivity index (χ1) is 9.55. The number of nitrogen functional groups attached to an aromatic ring is 2. The molecule has 0 bridgehead atoms. The average Bonchev–Trinajstić information content (AvgIpc) is 2.43. The zero-order valence-corrected chi connectivity index (χ0v) is 13.4. The number of aromatic nitrogens is 2. The van der Waals surface area contributed by atoms with Crippen molar-refractivity contribution in [2.45, 2.75) is 23.1 Å². The molecule has 20 heavy (non-hydrogen) atoms. The van der Waals surface area contributed by atoms with Crippen molar-refractivity contribution in [2.75, 3.05) is 24.0 Å². The van der Waals surface area contributed by atoms with Gasteiger partial charge in [0, 0.05) is 28.0 Å². The fraction of sp³-hybridized carbons (Fsp3) is 0.286. The number of thioether (sulfide) groups is 2. The molecule has 0 spiro atoms. The fourth-order valence-electron chi connectivity index (χ4n) is 1.99. The lowest BCUT2D eigenvalue weighted by Crippen LogP contribution is -2.04. The smallest absolute Gasteiger partial charge is 0.221 e. The average molecular weight is 306 g/mol. The van der Waals surface area contributed by atoms with Crippen molar-refractivity contribution in [3.05, 3.63) is 35.0 Å². The molecule has 0 aliphatic rings. The van der Waals surface area contributed by atoms with E-state index in [1.807, 2.05) is 0 Å². The summed E-state index contributed by atoms with van der Waals surface area (Å²) in [6.07, 6.45) is 6.62. The number of hydrogen-bond donors (Lipinski definition) is 2. The maximum atomic E-state index is 5.91. The van der Waals surface area contributed by atoms with Crippen LogP contribution >= 0.6 is 23.5 Å². The molecule has 0 aliphatic heterocycles. The normalized spacial score (nSPS) is 10.8. The van der Waals surface area contributed by atoms with Gasteiger partial charge in [0.15, 0.2) is 0 Å². The summed E-state index contributed by atoms with van der Waals surface area (Å²) in [5, 5.41) is 0. The Kier molecular flexibility index (Phi) is 4.77. The number of anilines is 2. The monoisotopic (exact) mass is 306 g/mol. The van der Waals surface area contributed by atoms with Gasteiger partial charge in [-0.25, -0.2) is 4.98 Å². The third-order valence-electron chi connectivity index (χ3n) is 3.14. The zero-order chi connectivity index (χ0) is 14.7. The molecule has 4 nitrogen and oxygen atoms in total. The van der Waals surface area contributed by atoms with E-state index in [4.69, 9.17) is 11.5 Å². The van der Waals surface area contributed by atoms with Crippen molar-refractivity contribution >= 4 is 35.3 Å². The van der Waals surface area contributed by atoms with Crippen LogP contribution in [0.4, 0.5) is 11.8 Å². The zero-order valence-electron chi connectivity index (χ0n) is 11.8. The lowest BCUT2D eigenvalue weighted by molar-refractivity contribution is 1.05. The minimum Gasteiger partial charge on any atom is -0.383 e. The Morgan fingerprint density at radius 3 is 2.30 bits per heavy atom. The SMILES string of the molecule is CSc1cc(C)c(Cc2cnc(N)nc2N)cc1SC. The van der Waals surface area contributed by atoms with Crippen molar-refractivity contribution in [3.63, 3.8) is 0 Å². The Bertz CT molecular complexity index is 629. The van der Waals surface area contributed by atoms with Gasteiger partial charge in [-0.2, -0.15) is 4.98 Å². The van der Waals surface area contributed by atoms with Crippen LogP contribution in [-0.4, -0.2) is 22.5 Å². The summed E-state index contributed by atoms with van der Waals surface area (Å²) in [4.78, 5) is 10.6. The lowest BCUT2D eigenvalue weighted by atomic mass is 10.0. The molecule has 2 rings (SSSR count). The van der Waals surface area contributed by atoms with Crippen LogP contribution in [0.5, 0.6) is 0 Å². The van der Waals surface area contributed by atoms with Gasteiger partial charge in [-0.15, -0.1) is 23.5 Å². The predicted octanol–water partition coefficient (Wildman–Crippen LogP) is 2.98. The highest BCUT2D eigenvalue weighted by Crippen LogP contribution is 2.32. The molecule has 6 heteroatoms. The van der Waals surface area contributed by atoms with Crippen LogP contribution in [0.1, 0.15) is 16.7 Å². The van der Waals surface area contributed by atoms with E-state index in [0.717, 1.165) is 12.0 Å². The van der Waals surface area contributed by atoms with Crippen molar-refractivity contribution in [2.24, 2.45) is 0 Å². The predicted molar refractivity (Wildman–Crippen MR) is 88.4 cm³/mol. The summed E-state index contributed by atoms with van der Waals surface area (Å²) in [6, 6.07) is 4.45. The van der Waals surface area contributed by atoms with Crippen LogP contribution in [0.15, 0.2) is 28.1 Å². The van der Waals surface area contributed by atoms with Crippen LogP contribution in [0.25, 0.3) is 0 Å². The second-order valence-electron chi connectivity index (χ2n) is 4.45. The largest absolute Gasteiger partial charge is 0.383 e. The van der Waals surface area contributed by atoms with Crippen LogP contribution in [0.3, 0.4) is 0 Å². The molecule has 0 fully saturated rings. The highest BCUT2D eigenvalue weighted by Gasteiger charge is 2.10. The molecule has 0 radical (unpaired) electrons. The molecule has 0 amide bonds. The van der Waals surface area contributed by atoms with Crippen molar-refractivity contribution in [3.8, 4) is 0 Å². The Balaban J connectivity index is 2.38. The van der Waals surface area contributed by atoms with Gasteiger partial charge in [0.05, 0.1) is 0 Å². The molecule has 0 aliphatic carbocycles. The number of aryl methyl sites for hydroxylation is 1. The van der Waals surface area contributed by atoms with Gasteiger partial charge in [0.1, 0.15) is 5.82 Å². The quantitative estimate of drug-likeness (QED) is 0.846. The molecule has 0 saturated carbocycles. The van der Waals surface area contributed by atoms with E-state index in [9.17, 15) is 0 Å². The van der Waals surface area contributed by atoms with Gasteiger partial charge >= 0.3 is 0 Å². The van der Waals surface area contributed by atoms with Gasteiger partial charge in [0.25, 0.3) is 0 Å². The molecule has 1 heterocycles. The molecule has 1 aromatic heterocycles. The van der Waals surface area contributed by atoms with Crippen LogP contribution in [-0.2, 0) is 6.42 Å². The van der Waals surface area contributed by atoms with E-state index in [1.54, 1.807) is 29.7 Å². The van der Waals surface area contributed by atoms with Gasteiger partial charge < -0.3 is 11.5 Å². The first-order valence-electron chi connectivity index (χ1n) is 6.13. The molecule has 2 aromatic rings. The van der Waals surface area contributed by atoms with Gasteiger partial charge in [-0.1, -0.05) is 0 Å². The van der Waals surface area contributed by atoms with Crippen LogP contribution in [0, 0.1) is 6.92 Å². The number of benzene rings is 1. The molecular formula is C14H18N4S2. The van der Waals surface area contributed by atoms with Gasteiger partial charge in [-0.05, 0) is 42.7 Å². The number of nitrogens with two attached hydrogens (primary N) is 2. The van der Waals surface area contributed by atoms with Crippen LogP contribution in [0.2, 0.25) is 0 Å². The Morgan fingerprint density at radius 1 is 1.05 bits per heavy atom. The van der Waals surface area contributed by atoms with Crippen molar-refractivity contribution in [1.29, 1.82) is 0 Å². The third kappa shape index (κ3) is 3.19. The molecule has 0 atom stereocenters. The highest BCUT2D eigenvalue weighted by atomic mass is 32.2. The Labute approximate surface area is 127 Å². The van der Waals surface area contributed by atoms with E-state index < -0.39 is 0 Å². The summed E-state index contributed by atoms with van der Waals surface area (Å²) in [7, 11) is 0. The number of rotatable bonds is 4. The summed E-state index contributed by atoms with van der Waals surface area (Å²) in [6.45, 7) is 2.12. The lowest BCUT2D eigenvalue weighted by Gasteiger charge is -2.12. The Morgan fingerprint density at radius 2 is 1.70 bits per heavy atom. The second kappa shape index (κ2) is 6.37. The molecule has 106 valence electrons. The van der Waals surface area contributed by atoms with E-state index in [2.05, 4.69) is 41.5 Å². The van der Waals surface area contributed by atoms with Crippen molar-refractivity contribution < 1.29 is 0 Å². The number of nitrogens with zero attached hydrogens (tertiary/aromatic N) is 2. The summed E-state index contributed by atoms with van der Waals surface area (Å²) in [5.74, 6) is 0.669. The fourth-order valence-corrected chi connectivity index (χ4v) is 3.56. The minimum absolute atomic E-state index is 0.213.